The van der Waals surface area contributed by atoms with Gasteiger partial charge in [-0.3, -0.25) is 4.79 Å². The van der Waals surface area contributed by atoms with E-state index in [4.69, 9.17) is 10.4 Å². The normalized spacial score (nSPS) is 10.6. The molecule has 94 valence electrons. The molecule has 18 heavy (non-hydrogen) atoms. The molecular formula is C13H14N2O3. The number of aromatic carboxylic acids is 1. The average molecular weight is 246 g/mol. The maximum Gasteiger partial charge on any atom is 0.335 e. The van der Waals surface area contributed by atoms with E-state index < -0.39 is 11.4 Å². The first-order valence-electron chi connectivity index (χ1n) is 5.32. The minimum atomic E-state index is -1.11. The number of benzene rings is 1. The van der Waals surface area contributed by atoms with E-state index >= 15 is 0 Å². The Morgan fingerprint density at radius 2 is 1.78 bits per heavy atom. The van der Waals surface area contributed by atoms with Crippen LogP contribution in [0.25, 0.3) is 0 Å². The van der Waals surface area contributed by atoms with E-state index in [0.717, 1.165) is 0 Å². The van der Waals surface area contributed by atoms with Crippen LogP contribution in [0, 0.1) is 16.7 Å². The monoisotopic (exact) mass is 246 g/mol. The van der Waals surface area contributed by atoms with Crippen LogP contribution in [-0.4, -0.2) is 24.0 Å². The van der Waals surface area contributed by atoms with Crippen molar-refractivity contribution in [2.45, 2.75) is 13.8 Å². The minimum Gasteiger partial charge on any atom is -0.478 e. The Hall–Kier alpha value is -2.35. The van der Waals surface area contributed by atoms with Crippen molar-refractivity contribution in [2.75, 3.05) is 11.9 Å². The standard InChI is InChI=1S/C13H14N2O3/c1-13(2,8-14)12(18)15(3)10-6-4-9(5-7-10)11(16)17/h4-7H,1-3H3,(H,16,17). The highest BCUT2D eigenvalue weighted by Gasteiger charge is 2.30. The Bertz CT molecular complexity index is 512. The van der Waals surface area contributed by atoms with Gasteiger partial charge in [-0.1, -0.05) is 0 Å². The molecule has 5 nitrogen and oxygen atoms in total. The highest BCUT2D eigenvalue weighted by Crippen LogP contribution is 2.22. The van der Waals surface area contributed by atoms with Crippen LogP contribution in [0.4, 0.5) is 5.69 Å². The maximum absolute atomic E-state index is 12.0. The van der Waals surface area contributed by atoms with Gasteiger partial charge in [-0.15, -0.1) is 0 Å². The number of rotatable bonds is 3. The van der Waals surface area contributed by atoms with Crippen LogP contribution in [0.3, 0.4) is 0 Å². The second-order valence-electron chi connectivity index (χ2n) is 4.45. The van der Waals surface area contributed by atoms with Gasteiger partial charge in [0, 0.05) is 12.7 Å². The van der Waals surface area contributed by atoms with E-state index in [2.05, 4.69) is 0 Å². The van der Waals surface area contributed by atoms with Gasteiger partial charge >= 0.3 is 5.97 Å². The molecule has 0 bridgehead atoms. The van der Waals surface area contributed by atoms with Crippen molar-refractivity contribution in [3.05, 3.63) is 29.8 Å². The highest BCUT2D eigenvalue weighted by atomic mass is 16.4. The van der Waals surface area contributed by atoms with Crippen LogP contribution in [-0.2, 0) is 4.79 Å². The van der Waals surface area contributed by atoms with Crippen molar-refractivity contribution in [1.29, 1.82) is 5.26 Å². The molecule has 1 amide bonds. The fourth-order valence-electron chi connectivity index (χ4n) is 1.41. The van der Waals surface area contributed by atoms with Crippen molar-refractivity contribution < 1.29 is 14.7 Å². The first-order valence-corrected chi connectivity index (χ1v) is 5.32. The summed E-state index contributed by atoms with van der Waals surface area (Å²) in [5.41, 5.74) is -0.410. The van der Waals surface area contributed by atoms with Crippen molar-refractivity contribution in [3.63, 3.8) is 0 Å². The summed E-state index contributed by atoms with van der Waals surface area (Å²) < 4.78 is 0. The van der Waals surface area contributed by atoms with Crippen LogP contribution < -0.4 is 4.90 Å². The lowest BCUT2D eigenvalue weighted by molar-refractivity contribution is -0.123. The molecule has 1 rings (SSSR count). The SMILES string of the molecule is CN(C(=O)C(C)(C)C#N)c1ccc(C(=O)O)cc1. The lowest BCUT2D eigenvalue weighted by atomic mass is 9.94. The quantitative estimate of drug-likeness (QED) is 0.883. The Kier molecular flexibility index (Phi) is 3.72. The van der Waals surface area contributed by atoms with Crippen LogP contribution in [0.2, 0.25) is 0 Å². The molecule has 0 aromatic heterocycles. The van der Waals surface area contributed by atoms with Crippen LogP contribution in [0.1, 0.15) is 24.2 Å². The minimum absolute atomic E-state index is 0.152. The Morgan fingerprint density at radius 1 is 1.28 bits per heavy atom. The van der Waals surface area contributed by atoms with Gasteiger partial charge < -0.3 is 10.0 Å². The number of nitrogens with zero attached hydrogens (tertiary/aromatic N) is 2. The van der Waals surface area contributed by atoms with Crippen molar-refractivity contribution in [1.82, 2.24) is 0 Å². The Labute approximate surface area is 105 Å². The number of amides is 1. The summed E-state index contributed by atoms with van der Waals surface area (Å²) >= 11 is 0. The molecule has 5 heteroatoms. The Morgan fingerprint density at radius 3 is 2.17 bits per heavy atom. The number of carbonyl (C=O) groups is 2. The van der Waals surface area contributed by atoms with Crippen LogP contribution >= 0.6 is 0 Å². The third-order valence-electron chi connectivity index (χ3n) is 2.62. The van der Waals surface area contributed by atoms with Gasteiger partial charge in [0.1, 0.15) is 5.41 Å². The molecule has 0 aliphatic carbocycles. The zero-order chi connectivity index (χ0) is 13.9. The molecule has 1 aromatic carbocycles. The predicted molar refractivity (Wildman–Crippen MR) is 66.2 cm³/mol. The number of carboxylic acid groups (broad SMARTS) is 1. The number of carboxylic acids is 1. The van der Waals surface area contributed by atoms with Gasteiger partial charge in [0.2, 0.25) is 5.91 Å². The number of anilines is 1. The molecule has 0 radical (unpaired) electrons. The Balaban J connectivity index is 2.99. The van der Waals surface area contributed by atoms with E-state index in [1.54, 1.807) is 7.05 Å². The van der Waals surface area contributed by atoms with E-state index in [1.165, 1.54) is 43.0 Å². The number of carbonyl (C=O) groups excluding carboxylic acids is 1. The smallest absolute Gasteiger partial charge is 0.335 e. The van der Waals surface area contributed by atoms with Crippen molar-refractivity contribution in [3.8, 4) is 6.07 Å². The summed E-state index contributed by atoms with van der Waals surface area (Å²) in [6, 6.07) is 7.84. The molecule has 1 aromatic rings. The van der Waals surface area contributed by atoms with Gasteiger partial charge in [-0.2, -0.15) is 5.26 Å². The van der Waals surface area contributed by atoms with Gasteiger partial charge in [-0.05, 0) is 38.1 Å². The summed E-state index contributed by atoms with van der Waals surface area (Å²) in [4.78, 5) is 24.0. The van der Waals surface area contributed by atoms with Crippen LogP contribution in [0.5, 0.6) is 0 Å². The maximum atomic E-state index is 12.0. The predicted octanol–water partition coefficient (Wildman–Crippen LogP) is 1.90. The largest absolute Gasteiger partial charge is 0.478 e. The van der Waals surface area contributed by atoms with E-state index in [-0.39, 0.29) is 11.5 Å². The van der Waals surface area contributed by atoms with Crippen molar-refractivity contribution >= 4 is 17.6 Å². The molecule has 0 aliphatic heterocycles. The van der Waals surface area contributed by atoms with E-state index in [1.807, 2.05) is 6.07 Å². The highest BCUT2D eigenvalue weighted by molar-refractivity contribution is 5.98. The second kappa shape index (κ2) is 4.88. The number of nitriles is 1. The molecule has 1 N–H and O–H groups in total. The average Bonchev–Trinajstić information content (AvgIpc) is 2.37. The van der Waals surface area contributed by atoms with E-state index in [9.17, 15) is 9.59 Å². The van der Waals surface area contributed by atoms with Gasteiger partial charge in [0.05, 0.1) is 11.6 Å². The van der Waals surface area contributed by atoms with Gasteiger partial charge in [0.15, 0.2) is 0 Å². The third kappa shape index (κ3) is 2.66. The molecule has 0 aliphatic rings. The molecule has 0 fully saturated rings. The lowest BCUT2D eigenvalue weighted by Crippen LogP contribution is -2.37. The summed E-state index contributed by atoms with van der Waals surface area (Å²) in [7, 11) is 1.55. The summed E-state index contributed by atoms with van der Waals surface area (Å²) in [5.74, 6) is -1.36. The third-order valence-corrected chi connectivity index (χ3v) is 2.62. The summed E-state index contributed by atoms with van der Waals surface area (Å²) in [6.07, 6.45) is 0. The molecule has 0 heterocycles. The molecule has 0 unspecified atom stereocenters. The molecule has 0 spiro atoms. The molecule has 0 saturated carbocycles. The van der Waals surface area contributed by atoms with Gasteiger partial charge in [0.25, 0.3) is 0 Å². The fourth-order valence-corrected chi connectivity index (χ4v) is 1.41. The van der Waals surface area contributed by atoms with Crippen LogP contribution in [0.15, 0.2) is 24.3 Å². The van der Waals surface area contributed by atoms with Gasteiger partial charge in [-0.25, -0.2) is 4.79 Å². The second-order valence-corrected chi connectivity index (χ2v) is 4.45. The zero-order valence-electron chi connectivity index (χ0n) is 10.5. The summed E-state index contributed by atoms with van der Waals surface area (Å²) in [5, 5.41) is 17.7. The fraction of sp³-hybridized carbons (Fsp3) is 0.308. The zero-order valence-corrected chi connectivity index (χ0v) is 10.5. The first-order chi connectivity index (χ1) is 8.29. The number of hydrogen-bond acceptors (Lipinski definition) is 3. The molecule has 0 saturated heterocycles. The first kappa shape index (κ1) is 13.7. The van der Waals surface area contributed by atoms with Crippen molar-refractivity contribution in [2.24, 2.45) is 5.41 Å². The topological polar surface area (TPSA) is 81.4 Å². The molecular weight excluding hydrogens is 232 g/mol. The molecule has 0 atom stereocenters. The lowest BCUT2D eigenvalue weighted by Gasteiger charge is -2.24. The van der Waals surface area contributed by atoms with E-state index in [0.29, 0.717) is 5.69 Å². The number of hydrogen-bond donors (Lipinski definition) is 1. The summed E-state index contributed by atoms with van der Waals surface area (Å²) in [6.45, 7) is 3.08.